The van der Waals surface area contributed by atoms with Gasteiger partial charge in [-0.15, -0.1) is 0 Å². The standard InChI is InChI=1S/C16H29N3O3/c1-15(2,3)12-14(21)19-10(9-22-12)8-16(4,5)11-13(20)18-7-6-17-11/h10-12,17H,6-9H2,1-5H3,(H,18,20)(H,19,21). The first-order chi connectivity index (χ1) is 10.1. The minimum absolute atomic E-state index is 0.0341. The second-order valence-corrected chi connectivity index (χ2v) is 8.16. The summed E-state index contributed by atoms with van der Waals surface area (Å²) in [7, 11) is 0. The Bertz CT molecular complexity index is 442. The highest BCUT2D eigenvalue weighted by Crippen LogP contribution is 2.31. The summed E-state index contributed by atoms with van der Waals surface area (Å²) < 4.78 is 5.79. The fourth-order valence-electron chi connectivity index (χ4n) is 3.34. The first-order valence-electron chi connectivity index (χ1n) is 8.04. The van der Waals surface area contributed by atoms with Crippen LogP contribution >= 0.6 is 0 Å². The highest BCUT2D eigenvalue weighted by Gasteiger charge is 2.42. The maximum Gasteiger partial charge on any atom is 0.249 e. The second kappa shape index (κ2) is 6.16. The number of hydrogen-bond donors (Lipinski definition) is 3. The first-order valence-corrected chi connectivity index (χ1v) is 8.04. The summed E-state index contributed by atoms with van der Waals surface area (Å²) in [5.41, 5.74) is -0.476. The number of nitrogens with one attached hydrogen (secondary N) is 3. The summed E-state index contributed by atoms with van der Waals surface area (Å²) in [4.78, 5) is 24.3. The number of piperazine rings is 1. The molecule has 2 saturated heterocycles. The number of ether oxygens (including phenoxy) is 1. The third-order valence-electron chi connectivity index (χ3n) is 4.42. The molecule has 6 nitrogen and oxygen atoms in total. The van der Waals surface area contributed by atoms with Gasteiger partial charge in [0.2, 0.25) is 11.8 Å². The summed E-state index contributed by atoms with van der Waals surface area (Å²) in [6, 6.07) is -0.295. The lowest BCUT2D eigenvalue weighted by atomic mass is 9.77. The smallest absolute Gasteiger partial charge is 0.249 e. The molecule has 126 valence electrons. The van der Waals surface area contributed by atoms with Gasteiger partial charge in [0.05, 0.1) is 18.7 Å². The van der Waals surface area contributed by atoms with Crippen molar-refractivity contribution in [1.29, 1.82) is 0 Å². The van der Waals surface area contributed by atoms with Crippen LogP contribution in [0.5, 0.6) is 0 Å². The van der Waals surface area contributed by atoms with Crippen LogP contribution in [0.1, 0.15) is 41.0 Å². The lowest BCUT2D eigenvalue weighted by Crippen LogP contribution is -2.61. The first kappa shape index (κ1) is 17.2. The van der Waals surface area contributed by atoms with Crippen molar-refractivity contribution < 1.29 is 14.3 Å². The SMILES string of the molecule is CC(C)(C)C1OCC(CC(C)(C)C2NCCNC2=O)NC1=O. The van der Waals surface area contributed by atoms with Crippen molar-refractivity contribution in [2.24, 2.45) is 10.8 Å². The Morgan fingerprint density at radius 3 is 2.32 bits per heavy atom. The molecule has 3 atom stereocenters. The molecule has 2 rings (SSSR count). The molecule has 0 spiro atoms. The molecule has 0 aromatic carbocycles. The maximum atomic E-state index is 12.2. The molecule has 3 N–H and O–H groups in total. The summed E-state index contributed by atoms with van der Waals surface area (Å²) in [6.45, 7) is 12.0. The Morgan fingerprint density at radius 1 is 1.09 bits per heavy atom. The summed E-state index contributed by atoms with van der Waals surface area (Å²) in [6.07, 6.45) is 0.281. The van der Waals surface area contributed by atoms with E-state index in [0.29, 0.717) is 19.6 Å². The van der Waals surface area contributed by atoms with Crippen molar-refractivity contribution in [3.8, 4) is 0 Å². The van der Waals surface area contributed by atoms with Crippen molar-refractivity contribution >= 4 is 11.8 Å². The Morgan fingerprint density at radius 2 is 1.77 bits per heavy atom. The van der Waals surface area contributed by atoms with Crippen LogP contribution in [0.4, 0.5) is 0 Å². The third-order valence-corrected chi connectivity index (χ3v) is 4.42. The topological polar surface area (TPSA) is 79.5 Å². The zero-order valence-electron chi connectivity index (χ0n) is 14.3. The van der Waals surface area contributed by atoms with Crippen LogP contribution in [-0.4, -0.2) is 49.7 Å². The highest BCUT2D eigenvalue weighted by atomic mass is 16.5. The van der Waals surface area contributed by atoms with Crippen LogP contribution in [0, 0.1) is 10.8 Å². The predicted molar refractivity (Wildman–Crippen MR) is 84.3 cm³/mol. The number of hydrogen-bond acceptors (Lipinski definition) is 4. The van der Waals surface area contributed by atoms with Gasteiger partial charge < -0.3 is 20.7 Å². The Labute approximate surface area is 132 Å². The largest absolute Gasteiger partial charge is 0.366 e. The Hall–Kier alpha value is -1.14. The minimum Gasteiger partial charge on any atom is -0.366 e. The molecule has 0 aromatic rings. The van der Waals surface area contributed by atoms with Crippen LogP contribution in [0.15, 0.2) is 0 Å². The quantitative estimate of drug-likeness (QED) is 0.706. The van der Waals surface area contributed by atoms with Gasteiger partial charge >= 0.3 is 0 Å². The van der Waals surface area contributed by atoms with E-state index in [2.05, 4.69) is 29.8 Å². The van der Waals surface area contributed by atoms with Gasteiger partial charge in [0.25, 0.3) is 0 Å². The number of carbonyl (C=O) groups is 2. The normalized spacial score (nSPS) is 30.7. The van der Waals surface area contributed by atoms with E-state index in [4.69, 9.17) is 4.74 Å². The summed E-state index contributed by atoms with van der Waals surface area (Å²) in [5, 5.41) is 9.23. The molecule has 0 bridgehead atoms. The van der Waals surface area contributed by atoms with Gasteiger partial charge in [-0.2, -0.15) is 0 Å². The van der Waals surface area contributed by atoms with E-state index in [1.807, 2.05) is 20.8 Å². The van der Waals surface area contributed by atoms with Gasteiger partial charge in [-0.3, -0.25) is 9.59 Å². The van der Waals surface area contributed by atoms with Crippen molar-refractivity contribution in [3.05, 3.63) is 0 Å². The highest BCUT2D eigenvalue weighted by molar-refractivity contribution is 5.84. The predicted octanol–water partition coefficient (Wildman–Crippen LogP) is 0.420. The van der Waals surface area contributed by atoms with Gasteiger partial charge in [0, 0.05) is 13.1 Å². The second-order valence-electron chi connectivity index (χ2n) is 8.16. The van der Waals surface area contributed by atoms with Crippen LogP contribution in [0.25, 0.3) is 0 Å². The molecule has 0 radical (unpaired) electrons. The van der Waals surface area contributed by atoms with E-state index in [9.17, 15) is 9.59 Å². The maximum absolute atomic E-state index is 12.2. The van der Waals surface area contributed by atoms with E-state index < -0.39 is 6.10 Å². The average Bonchev–Trinajstić information content (AvgIpc) is 2.36. The van der Waals surface area contributed by atoms with Gasteiger partial charge in [-0.25, -0.2) is 0 Å². The minimum atomic E-state index is -0.414. The van der Waals surface area contributed by atoms with Crippen molar-refractivity contribution in [2.75, 3.05) is 19.7 Å². The molecule has 2 amide bonds. The van der Waals surface area contributed by atoms with Crippen molar-refractivity contribution in [2.45, 2.75) is 59.2 Å². The molecule has 6 heteroatoms. The van der Waals surface area contributed by atoms with E-state index in [-0.39, 0.29) is 34.7 Å². The zero-order chi connectivity index (χ0) is 16.5. The summed E-state index contributed by atoms with van der Waals surface area (Å²) in [5.74, 6) is -0.0209. The zero-order valence-corrected chi connectivity index (χ0v) is 14.3. The van der Waals surface area contributed by atoms with Gasteiger partial charge in [-0.05, 0) is 17.3 Å². The van der Waals surface area contributed by atoms with Crippen LogP contribution in [-0.2, 0) is 14.3 Å². The van der Waals surface area contributed by atoms with Crippen LogP contribution < -0.4 is 16.0 Å². The Balaban J connectivity index is 1.96. The lowest BCUT2D eigenvalue weighted by molar-refractivity contribution is -0.150. The number of amides is 2. The van der Waals surface area contributed by atoms with Gasteiger partial charge in [0.1, 0.15) is 6.10 Å². The molecular formula is C16H29N3O3. The Kier molecular flexibility index (Phi) is 4.82. The lowest BCUT2D eigenvalue weighted by Gasteiger charge is -2.42. The fraction of sp³-hybridized carbons (Fsp3) is 0.875. The van der Waals surface area contributed by atoms with Gasteiger partial charge in [0.15, 0.2) is 0 Å². The number of morpholine rings is 1. The molecule has 2 aliphatic rings. The number of carbonyl (C=O) groups excluding carboxylic acids is 2. The molecule has 0 aromatic heterocycles. The molecule has 2 heterocycles. The molecule has 3 unspecified atom stereocenters. The molecular weight excluding hydrogens is 282 g/mol. The fourth-order valence-corrected chi connectivity index (χ4v) is 3.34. The van der Waals surface area contributed by atoms with E-state index in [1.54, 1.807) is 0 Å². The average molecular weight is 311 g/mol. The van der Waals surface area contributed by atoms with E-state index in [1.165, 1.54) is 0 Å². The monoisotopic (exact) mass is 311 g/mol. The molecule has 0 aliphatic carbocycles. The summed E-state index contributed by atoms with van der Waals surface area (Å²) >= 11 is 0. The molecule has 2 fully saturated rings. The number of rotatable bonds is 3. The van der Waals surface area contributed by atoms with E-state index in [0.717, 1.165) is 6.54 Å². The van der Waals surface area contributed by atoms with Crippen LogP contribution in [0.3, 0.4) is 0 Å². The van der Waals surface area contributed by atoms with E-state index >= 15 is 0 Å². The van der Waals surface area contributed by atoms with Crippen molar-refractivity contribution in [3.63, 3.8) is 0 Å². The van der Waals surface area contributed by atoms with Crippen LogP contribution in [0.2, 0.25) is 0 Å². The van der Waals surface area contributed by atoms with Gasteiger partial charge in [-0.1, -0.05) is 34.6 Å². The molecule has 22 heavy (non-hydrogen) atoms. The van der Waals surface area contributed by atoms with Crippen molar-refractivity contribution in [1.82, 2.24) is 16.0 Å². The molecule has 0 saturated carbocycles. The third kappa shape index (κ3) is 3.79. The molecule has 2 aliphatic heterocycles.